The predicted octanol–water partition coefficient (Wildman–Crippen LogP) is 1.26. The minimum absolute atomic E-state index is 0.0911. The number of hydrogen-bond donors (Lipinski definition) is 2. The van der Waals surface area contributed by atoms with Gasteiger partial charge in [-0.05, 0) is 33.4 Å². The van der Waals surface area contributed by atoms with E-state index >= 15 is 0 Å². The Balaban J connectivity index is 4.19. The molecule has 0 aliphatic rings. The summed E-state index contributed by atoms with van der Waals surface area (Å²) in [7, 11) is 0. The molecule has 0 saturated heterocycles. The van der Waals surface area contributed by atoms with E-state index in [0.29, 0.717) is 6.54 Å². The van der Waals surface area contributed by atoms with E-state index in [9.17, 15) is 9.59 Å². The number of aliphatic carboxylic acids is 1. The van der Waals surface area contributed by atoms with Gasteiger partial charge in [0.1, 0.15) is 0 Å². The lowest BCUT2D eigenvalue weighted by molar-refractivity contribution is -0.133. The van der Waals surface area contributed by atoms with Crippen LogP contribution in [0.5, 0.6) is 0 Å². The molecule has 0 saturated carbocycles. The topological polar surface area (TPSA) is 69.6 Å². The third kappa shape index (κ3) is 5.82. The molecule has 0 aliphatic heterocycles. The van der Waals surface area contributed by atoms with Crippen molar-refractivity contribution in [1.82, 2.24) is 10.2 Å². The molecule has 0 unspecified atom stereocenters. The lowest BCUT2D eigenvalue weighted by Gasteiger charge is -2.19. The van der Waals surface area contributed by atoms with Gasteiger partial charge in [0.05, 0.1) is 0 Å². The van der Waals surface area contributed by atoms with E-state index < -0.39 is 5.97 Å². The molecule has 2 N–H and O–H groups in total. The molecule has 0 atom stereocenters. The molecule has 5 nitrogen and oxygen atoms in total. The molecule has 1 amide bonds. The van der Waals surface area contributed by atoms with E-state index in [2.05, 4.69) is 24.1 Å². The minimum atomic E-state index is -1.05. The third-order valence-electron chi connectivity index (χ3n) is 2.92. The summed E-state index contributed by atoms with van der Waals surface area (Å²) in [6.45, 7) is 10.4. The molecule has 0 bridgehead atoms. The minimum Gasteiger partial charge on any atom is -0.478 e. The van der Waals surface area contributed by atoms with Crippen LogP contribution in [-0.2, 0) is 9.59 Å². The molecule has 5 heteroatoms. The van der Waals surface area contributed by atoms with Crippen LogP contribution >= 0.6 is 0 Å². The number of likely N-dealkylation sites (N-methyl/N-ethyl adjacent to an activating group) is 1. The summed E-state index contributed by atoms with van der Waals surface area (Å²) in [4.78, 5) is 24.6. The maximum absolute atomic E-state index is 11.7. The average Bonchev–Trinajstić information content (AvgIpc) is 2.35. The number of rotatable bonds is 8. The second-order valence-electron chi connectivity index (χ2n) is 4.25. The molecule has 0 radical (unpaired) electrons. The fourth-order valence-corrected chi connectivity index (χ4v) is 1.54. The first-order chi connectivity index (χ1) is 8.43. The van der Waals surface area contributed by atoms with Crippen LogP contribution in [0.25, 0.3) is 0 Å². The number of amides is 1. The summed E-state index contributed by atoms with van der Waals surface area (Å²) in [5.41, 5.74) is 0.356. The van der Waals surface area contributed by atoms with E-state index in [0.717, 1.165) is 26.1 Å². The molecule has 0 aromatic rings. The fourth-order valence-electron chi connectivity index (χ4n) is 1.54. The highest BCUT2D eigenvalue weighted by atomic mass is 16.4. The Morgan fingerprint density at radius 3 is 2.17 bits per heavy atom. The van der Waals surface area contributed by atoms with Gasteiger partial charge in [0.15, 0.2) is 0 Å². The van der Waals surface area contributed by atoms with Crippen molar-refractivity contribution in [2.75, 3.05) is 26.2 Å². The summed E-state index contributed by atoms with van der Waals surface area (Å²) >= 11 is 0. The van der Waals surface area contributed by atoms with Gasteiger partial charge in [0, 0.05) is 24.2 Å². The molecule has 104 valence electrons. The van der Waals surface area contributed by atoms with E-state index in [-0.39, 0.29) is 17.1 Å². The Bertz CT molecular complexity index is 324. The molecule has 0 aromatic carbocycles. The molecular formula is C13H24N2O3. The van der Waals surface area contributed by atoms with Gasteiger partial charge in [-0.2, -0.15) is 0 Å². The van der Waals surface area contributed by atoms with E-state index in [1.54, 1.807) is 0 Å². The first kappa shape index (κ1) is 16.6. The third-order valence-corrected chi connectivity index (χ3v) is 2.92. The molecule has 0 aliphatic carbocycles. The SMILES string of the molecule is CCCN(CC)CCNC(=O)C(C)=C(C)C(=O)O. The van der Waals surface area contributed by atoms with Gasteiger partial charge >= 0.3 is 5.97 Å². The quantitative estimate of drug-likeness (QED) is 0.641. The number of nitrogens with zero attached hydrogens (tertiary/aromatic N) is 1. The number of carbonyl (C=O) groups excluding carboxylic acids is 1. The summed E-state index contributed by atoms with van der Waals surface area (Å²) in [6, 6.07) is 0. The van der Waals surface area contributed by atoms with Crippen molar-refractivity contribution in [3.05, 3.63) is 11.1 Å². The highest BCUT2D eigenvalue weighted by molar-refractivity contribution is 6.01. The number of hydrogen-bond acceptors (Lipinski definition) is 3. The van der Waals surface area contributed by atoms with Crippen molar-refractivity contribution < 1.29 is 14.7 Å². The van der Waals surface area contributed by atoms with Crippen molar-refractivity contribution in [2.45, 2.75) is 34.1 Å². The summed E-state index contributed by atoms with van der Waals surface area (Å²) in [5, 5.41) is 11.5. The zero-order valence-electron chi connectivity index (χ0n) is 11.7. The monoisotopic (exact) mass is 256 g/mol. The van der Waals surface area contributed by atoms with Gasteiger partial charge in [-0.3, -0.25) is 4.79 Å². The van der Waals surface area contributed by atoms with Crippen LogP contribution in [-0.4, -0.2) is 48.1 Å². The first-order valence-electron chi connectivity index (χ1n) is 6.35. The smallest absolute Gasteiger partial charge is 0.331 e. The van der Waals surface area contributed by atoms with Gasteiger partial charge < -0.3 is 15.3 Å². The highest BCUT2D eigenvalue weighted by Crippen LogP contribution is 2.03. The Kier molecular flexibility index (Phi) is 8.03. The van der Waals surface area contributed by atoms with Crippen LogP contribution in [0.1, 0.15) is 34.1 Å². The van der Waals surface area contributed by atoms with Crippen LogP contribution in [0, 0.1) is 0 Å². The molecule has 0 fully saturated rings. The molecule has 0 heterocycles. The van der Waals surface area contributed by atoms with Crippen molar-refractivity contribution in [1.29, 1.82) is 0 Å². The van der Waals surface area contributed by atoms with Gasteiger partial charge in [-0.15, -0.1) is 0 Å². The van der Waals surface area contributed by atoms with Crippen LogP contribution in [0.3, 0.4) is 0 Å². The zero-order valence-corrected chi connectivity index (χ0v) is 11.7. The van der Waals surface area contributed by atoms with Gasteiger partial charge in [-0.25, -0.2) is 4.79 Å². The molecule has 18 heavy (non-hydrogen) atoms. The first-order valence-corrected chi connectivity index (χ1v) is 6.35. The highest BCUT2D eigenvalue weighted by Gasteiger charge is 2.12. The number of nitrogens with one attached hydrogen (secondary N) is 1. The van der Waals surface area contributed by atoms with Crippen molar-refractivity contribution in [2.24, 2.45) is 0 Å². The molecule has 0 spiro atoms. The van der Waals surface area contributed by atoms with Gasteiger partial charge in [0.25, 0.3) is 0 Å². The fraction of sp³-hybridized carbons (Fsp3) is 0.692. The van der Waals surface area contributed by atoms with Crippen molar-refractivity contribution in [3.63, 3.8) is 0 Å². The molecule has 0 rings (SSSR count). The maximum Gasteiger partial charge on any atom is 0.331 e. The second kappa shape index (κ2) is 8.69. The van der Waals surface area contributed by atoms with Crippen LogP contribution < -0.4 is 5.32 Å². The van der Waals surface area contributed by atoms with Gasteiger partial charge in [0.2, 0.25) is 5.91 Å². The number of carbonyl (C=O) groups is 2. The molecule has 0 aromatic heterocycles. The van der Waals surface area contributed by atoms with E-state index in [1.165, 1.54) is 13.8 Å². The summed E-state index contributed by atoms with van der Waals surface area (Å²) < 4.78 is 0. The van der Waals surface area contributed by atoms with Crippen molar-refractivity contribution in [3.8, 4) is 0 Å². The van der Waals surface area contributed by atoms with Crippen LogP contribution in [0.15, 0.2) is 11.1 Å². The largest absolute Gasteiger partial charge is 0.478 e. The molecular weight excluding hydrogens is 232 g/mol. The normalized spacial score (nSPS) is 12.3. The standard InChI is InChI=1S/C13H24N2O3/c1-5-8-15(6-2)9-7-14-12(16)10(3)11(4)13(17)18/h5-9H2,1-4H3,(H,14,16)(H,17,18). The Morgan fingerprint density at radius 1 is 1.11 bits per heavy atom. The van der Waals surface area contributed by atoms with Gasteiger partial charge in [-0.1, -0.05) is 13.8 Å². The summed E-state index contributed by atoms with van der Waals surface area (Å²) in [6.07, 6.45) is 1.08. The van der Waals surface area contributed by atoms with E-state index in [1.807, 2.05) is 0 Å². The van der Waals surface area contributed by atoms with Crippen LogP contribution in [0.2, 0.25) is 0 Å². The number of carboxylic acids is 1. The Hall–Kier alpha value is -1.36. The lowest BCUT2D eigenvalue weighted by Crippen LogP contribution is -2.36. The van der Waals surface area contributed by atoms with Crippen LogP contribution in [0.4, 0.5) is 0 Å². The predicted molar refractivity (Wildman–Crippen MR) is 71.4 cm³/mol. The Labute approximate surface area is 109 Å². The van der Waals surface area contributed by atoms with E-state index in [4.69, 9.17) is 5.11 Å². The average molecular weight is 256 g/mol. The summed E-state index contributed by atoms with van der Waals surface area (Å²) in [5.74, 6) is -1.36. The maximum atomic E-state index is 11.7. The number of carboxylic acid groups (broad SMARTS) is 1. The van der Waals surface area contributed by atoms with Crippen molar-refractivity contribution >= 4 is 11.9 Å². The second-order valence-corrected chi connectivity index (χ2v) is 4.25. The Morgan fingerprint density at radius 2 is 1.72 bits per heavy atom. The lowest BCUT2D eigenvalue weighted by atomic mass is 10.1. The zero-order chi connectivity index (χ0) is 14.1.